The van der Waals surface area contributed by atoms with Crippen molar-refractivity contribution in [1.82, 2.24) is 0 Å². The lowest BCUT2D eigenvalue weighted by molar-refractivity contribution is 0.217. The van der Waals surface area contributed by atoms with E-state index in [9.17, 15) is 0 Å². The van der Waals surface area contributed by atoms with Gasteiger partial charge in [0.1, 0.15) is 30.5 Å². The zero-order valence-electron chi connectivity index (χ0n) is 12.1. The van der Waals surface area contributed by atoms with Crippen LogP contribution in [0.5, 0.6) is 11.5 Å². The van der Waals surface area contributed by atoms with Crippen molar-refractivity contribution in [2.75, 3.05) is 13.2 Å². The molecule has 0 amide bonds. The summed E-state index contributed by atoms with van der Waals surface area (Å²) in [5.41, 5.74) is 7.34. The maximum Gasteiger partial charge on any atom is 0.122 e. The van der Waals surface area contributed by atoms with E-state index in [4.69, 9.17) is 20.6 Å². The van der Waals surface area contributed by atoms with Crippen molar-refractivity contribution in [3.05, 3.63) is 59.7 Å². The van der Waals surface area contributed by atoms with E-state index >= 15 is 0 Å². The van der Waals surface area contributed by atoms with Crippen molar-refractivity contribution < 1.29 is 9.47 Å². The largest absolute Gasteiger partial charge is 0.490 e. The van der Waals surface area contributed by atoms with E-state index in [2.05, 4.69) is 13.0 Å². The Hall–Kier alpha value is -2.49. The van der Waals surface area contributed by atoms with Crippen molar-refractivity contribution in [3.8, 4) is 11.5 Å². The van der Waals surface area contributed by atoms with Crippen LogP contribution < -0.4 is 15.2 Å². The Morgan fingerprint density at radius 3 is 2.29 bits per heavy atom. The molecule has 4 nitrogen and oxygen atoms in total. The molecule has 0 radical (unpaired) electrons. The highest BCUT2D eigenvalue weighted by molar-refractivity contribution is 5.94. The van der Waals surface area contributed by atoms with Gasteiger partial charge in [0.25, 0.3) is 0 Å². The highest BCUT2D eigenvalue weighted by Crippen LogP contribution is 2.14. The number of nitrogens with two attached hydrogens (primary N) is 1. The molecule has 2 aromatic carbocycles. The summed E-state index contributed by atoms with van der Waals surface area (Å²) in [5.74, 6) is 1.66. The first-order chi connectivity index (χ1) is 10.2. The number of hydrogen-bond donors (Lipinski definition) is 2. The lowest BCUT2D eigenvalue weighted by Crippen LogP contribution is -2.11. The Bertz CT molecular complexity index is 594. The molecule has 0 aromatic heterocycles. The predicted octanol–water partition coefficient (Wildman–Crippen LogP) is 2.99. The molecule has 2 rings (SSSR count). The minimum Gasteiger partial charge on any atom is -0.490 e. The Balaban J connectivity index is 1.77. The summed E-state index contributed by atoms with van der Waals surface area (Å²) in [6.45, 7) is 3.07. The third kappa shape index (κ3) is 4.53. The van der Waals surface area contributed by atoms with E-state index in [0.29, 0.717) is 18.8 Å². The Morgan fingerprint density at radius 1 is 1.00 bits per heavy atom. The average Bonchev–Trinajstić information content (AvgIpc) is 2.52. The van der Waals surface area contributed by atoms with E-state index in [1.165, 1.54) is 5.56 Å². The number of amidine groups is 1. The second-order valence-electron chi connectivity index (χ2n) is 4.64. The van der Waals surface area contributed by atoms with Gasteiger partial charge in [-0.1, -0.05) is 19.1 Å². The van der Waals surface area contributed by atoms with Crippen LogP contribution in [0.4, 0.5) is 0 Å². The smallest absolute Gasteiger partial charge is 0.122 e. The fraction of sp³-hybridized carbons (Fsp3) is 0.235. The number of hydrogen-bond acceptors (Lipinski definition) is 3. The first kappa shape index (κ1) is 14.9. The third-order valence-electron chi connectivity index (χ3n) is 3.09. The lowest BCUT2D eigenvalue weighted by Gasteiger charge is -2.09. The van der Waals surface area contributed by atoms with Gasteiger partial charge in [-0.15, -0.1) is 0 Å². The Kier molecular flexibility index (Phi) is 5.21. The van der Waals surface area contributed by atoms with E-state index in [0.717, 1.165) is 17.9 Å². The minimum atomic E-state index is 0.0562. The van der Waals surface area contributed by atoms with Crippen LogP contribution in [-0.4, -0.2) is 19.0 Å². The summed E-state index contributed by atoms with van der Waals surface area (Å²) in [7, 11) is 0. The fourth-order valence-corrected chi connectivity index (χ4v) is 1.90. The van der Waals surface area contributed by atoms with Crippen LogP contribution in [0.1, 0.15) is 18.1 Å². The molecule has 0 aliphatic carbocycles. The van der Waals surface area contributed by atoms with Gasteiger partial charge in [0.05, 0.1) is 0 Å². The molecule has 0 aliphatic rings. The summed E-state index contributed by atoms with van der Waals surface area (Å²) in [5, 5.41) is 7.32. The maximum absolute atomic E-state index is 7.32. The molecule has 0 fully saturated rings. The van der Waals surface area contributed by atoms with E-state index < -0.39 is 0 Å². The van der Waals surface area contributed by atoms with Crippen LogP contribution >= 0.6 is 0 Å². The van der Waals surface area contributed by atoms with Gasteiger partial charge in [0, 0.05) is 5.56 Å². The quantitative estimate of drug-likeness (QED) is 0.466. The number of nitrogens with one attached hydrogen (secondary N) is 1. The molecule has 0 saturated heterocycles. The monoisotopic (exact) mass is 284 g/mol. The van der Waals surface area contributed by atoms with Crippen molar-refractivity contribution in [2.24, 2.45) is 5.73 Å². The first-order valence-electron chi connectivity index (χ1n) is 6.98. The van der Waals surface area contributed by atoms with Gasteiger partial charge < -0.3 is 15.2 Å². The molecule has 0 unspecified atom stereocenters. The zero-order chi connectivity index (χ0) is 15.1. The third-order valence-corrected chi connectivity index (χ3v) is 3.09. The molecular weight excluding hydrogens is 264 g/mol. The molecule has 110 valence electrons. The van der Waals surface area contributed by atoms with Gasteiger partial charge in [0.15, 0.2) is 0 Å². The van der Waals surface area contributed by atoms with Crippen LogP contribution in [0.25, 0.3) is 0 Å². The molecule has 0 aliphatic heterocycles. The molecule has 0 spiro atoms. The Morgan fingerprint density at radius 2 is 1.67 bits per heavy atom. The van der Waals surface area contributed by atoms with Crippen LogP contribution in [0.15, 0.2) is 48.5 Å². The average molecular weight is 284 g/mol. The predicted molar refractivity (Wildman–Crippen MR) is 84.3 cm³/mol. The number of aryl methyl sites for hydroxylation is 1. The molecular formula is C17H20N2O2. The molecule has 0 saturated carbocycles. The molecule has 21 heavy (non-hydrogen) atoms. The van der Waals surface area contributed by atoms with Gasteiger partial charge in [-0.3, -0.25) is 5.41 Å². The second kappa shape index (κ2) is 7.33. The standard InChI is InChI=1S/C17H20N2O2/c1-2-13-4-3-5-16(12-13)21-11-10-20-15-8-6-14(7-9-15)17(18)19/h3-9,12H,2,10-11H2,1H3,(H3,18,19). The van der Waals surface area contributed by atoms with Gasteiger partial charge in [0.2, 0.25) is 0 Å². The first-order valence-corrected chi connectivity index (χ1v) is 6.98. The molecule has 2 aromatic rings. The summed E-state index contributed by atoms with van der Waals surface area (Å²) < 4.78 is 11.2. The van der Waals surface area contributed by atoms with E-state index in [1.54, 1.807) is 24.3 Å². The van der Waals surface area contributed by atoms with Gasteiger partial charge in [-0.2, -0.15) is 0 Å². The van der Waals surface area contributed by atoms with Crippen LogP contribution in [-0.2, 0) is 6.42 Å². The lowest BCUT2D eigenvalue weighted by atomic mass is 10.2. The minimum absolute atomic E-state index is 0.0562. The van der Waals surface area contributed by atoms with Gasteiger partial charge >= 0.3 is 0 Å². The van der Waals surface area contributed by atoms with Crippen molar-refractivity contribution in [3.63, 3.8) is 0 Å². The number of nitrogen functional groups attached to an aromatic ring is 1. The van der Waals surface area contributed by atoms with Gasteiger partial charge in [-0.05, 0) is 48.4 Å². The highest BCUT2D eigenvalue weighted by atomic mass is 16.5. The van der Waals surface area contributed by atoms with Crippen molar-refractivity contribution in [2.45, 2.75) is 13.3 Å². The summed E-state index contributed by atoms with van der Waals surface area (Å²) >= 11 is 0. The maximum atomic E-state index is 7.32. The summed E-state index contributed by atoms with van der Waals surface area (Å²) in [6, 6.07) is 15.2. The normalized spacial score (nSPS) is 10.1. The molecule has 4 heteroatoms. The number of benzene rings is 2. The second-order valence-corrected chi connectivity index (χ2v) is 4.64. The van der Waals surface area contributed by atoms with Crippen molar-refractivity contribution in [1.29, 1.82) is 5.41 Å². The van der Waals surface area contributed by atoms with E-state index in [1.807, 2.05) is 18.2 Å². The van der Waals surface area contributed by atoms with Crippen LogP contribution in [0, 0.1) is 5.41 Å². The number of ether oxygens (including phenoxy) is 2. The van der Waals surface area contributed by atoms with Gasteiger partial charge in [-0.25, -0.2) is 0 Å². The fourth-order valence-electron chi connectivity index (χ4n) is 1.90. The molecule has 0 bridgehead atoms. The Labute approximate surface area is 125 Å². The molecule has 0 heterocycles. The van der Waals surface area contributed by atoms with Crippen LogP contribution in [0.2, 0.25) is 0 Å². The summed E-state index contributed by atoms with van der Waals surface area (Å²) in [6.07, 6.45) is 0.996. The topological polar surface area (TPSA) is 68.3 Å². The SMILES string of the molecule is CCc1cccc(OCCOc2ccc(C(=N)N)cc2)c1. The molecule has 0 atom stereocenters. The number of rotatable bonds is 7. The summed E-state index contributed by atoms with van der Waals surface area (Å²) in [4.78, 5) is 0. The zero-order valence-corrected chi connectivity index (χ0v) is 12.1. The highest BCUT2D eigenvalue weighted by Gasteiger charge is 1.99. The molecule has 3 N–H and O–H groups in total. The van der Waals surface area contributed by atoms with Crippen molar-refractivity contribution >= 4 is 5.84 Å². The van der Waals surface area contributed by atoms with Crippen LogP contribution in [0.3, 0.4) is 0 Å². The van der Waals surface area contributed by atoms with E-state index in [-0.39, 0.29) is 5.84 Å².